The van der Waals surface area contributed by atoms with Gasteiger partial charge in [0.15, 0.2) is 11.0 Å². The standard InChI is InChI=1S/C18H24N4OS/c1-12-6-5-8-14(10-12)17-20-21-18(24-11-16(19)23)22(17)15-9-4-3-7-13(15)2/h5-6,8,10,13,15H,3-4,7,9,11H2,1-2H3,(H2,19,23)/t13-,15+/m1/s1. The maximum Gasteiger partial charge on any atom is 0.227 e. The van der Waals surface area contributed by atoms with Gasteiger partial charge in [-0.1, -0.05) is 55.3 Å². The Kier molecular flexibility index (Phi) is 5.23. The minimum atomic E-state index is -0.330. The van der Waals surface area contributed by atoms with Crippen molar-refractivity contribution in [1.82, 2.24) is 14.8 Å². The predicted molar refractivity (Wildman–Crippen MR) is 96.8 cm³/mol. The summed E-state index contributed by atoms with van der Waals surface area (Å²) in [5, 5.41) is 9.62. The second-order valence-electron chi connectivity index (χ2n) is 6.63. The number of nitrogens with zero attached hydrogens (tertiary/aromatic N) is 3. The van der Waals surface area contributed by atoms with Crippen molar-refractivity contribution in [2.75, 3.05) is 5.75 Å². The monoisotopic (exact) mass is 344 g/mol. The summed E-state index contributed by atoms with van der Waals surface area (Å²) in [5.74, 6) is 1.37. The van der Waals surface area contributed by atoms with Gasteiger partial charge in [0.1, 0.15) is 0 Å². The second-order valence-corrected chi connectivity index (χ2v) is 7.57. The molecule has 1 aromatic heterocycles. The van der Waals surface area contributed by atoms with E-state index < -0.39 is 0 Å². The van der Waals surface area contributed by atoms with Gasteiger partial charge in [0.2, 0.25) is 5.91 Å². The third-order valence-electron chi connectivity index (χ3n) is 4.68. The topological polar surface area (TPSA) is 73.8 Å². The number of thioether (sulfide) groups is 1. The fourth-order valence-electron chi connectivity index (χ4n) is 3.47. The van der Waals surface area contributed by atoms with Crippen molar-refractivity contribution < 1.29 is 4.79 Å². The number of hydrogen-bond donors (Lipinski definition) is 1. The number of carbonyl (C=O) groups is 1. The number of hydrogen-bond acceptors (Lipinski definition) is 4. The summed E-state index contributed by atoms with van der Waals surface area (Å²) in [6, 6.07) is 8.71. The highest BCUT2D eigenvalue weighted by atomic mass is 32.2. The number of nitrogens with two attached hydrogens (primary N) is 1. The molecule has 1 aliphatic carbocycles. The van der Waals surface area contributed by atoms with E-state index in [0.717, 1.165) is 23.0 Å². The molecule has 128 valence electrons. The Labute approximate surface area is 147 Å². The molecule has 0 bridgehead atoms. The van der Waals surface area contributed by atoms with Crippen molar-refractivity contribution in [3.63, 3.8) is 0 Å². The van der Waals surface area contributed by atoms with E-state index >= 15 is 0 Å². The van der Waals surface area contributed by atoms with Crippen LogP contribution in [0.2, 0.25) is 0 Å². The Hall–Kier alpha value is -1.82. The quantitative estimate of drug-likeness (QED) is 0.841. The van der Waals surface area contributed by atoms with E-state index in [1.165, 1.54) is 36.6 Å². The van der Waals surface area contributed by atoms with Crippen molar-refractivity contribution >= 4 is 17.7 Å². The van der Waals surface area contributed by atoms with Crippen LogP contribution < -0.4 is 5.73 Å². The Morgan fingerprint density at radius 1 is 1.33 bits per heavy atom. The molecule has 3 rings (SSSR count). The molecule has 0 unspecified atom stereocenters. The van der Waals surface area contributed by atoms with Gasteiger partial charge in [0.05, 0.1) is 5.75 Å². The lowest BCUT2D eigenvalue weighted by molar-refractivity contribution is -0.115. The third kappa shape index (κ3) is 3.64. The molecule has 5 nitrogen and oxygen atoms in total. The normalized spacial score (nSPS) is 20.9. The van der Waals surface area contributed by atoms with Crippen LogP contribution in [0.5, 0.6) is 0 Å². The fraction of sp³-hybridized carbons (Fsp3) is 0.500. The van der Waals surface area contributed by atoms with Crippen LogP contribution in [0.15, 0.2) is 29.4 Å². The average molecular weight is 344 g/mol. The van der Waals surface area contributed by atoms with E-state index in [0.29, 0.717) is 12.0 Å². The van der Waals surface area contributed by atoms with E-state index in [1.54, 1.807) is 0 Å². The van der Waals surface area contributed by atoms with Crippen LogP contribution in [0.1, 0.15) is 44.2 Å². The first kappa shape index (κ1) is 17.0. The van der Waals surface area contributed by atoms with Gasteiger partial charge in [-0.15, -0.1) is 10.2 Å². The smallest absolute Gasteiger partial charge is 0.227 e. The van der Waals surface area contributed by atoms with Gasteiger partial charge in [0.25, 0.3) is 0 Å². The first-order valence-electron chi connectivity index (χ1n) is 8.49. The van der Waals surface area contributed by atoms with Crippen LogP contribution in [-0.4, -0.2) is 26.4 Å². The van der Waals surface area contributed by atoms with Gasteiger partial charge >= 0.3 is 0 Å². The maximum absolute atomic E-state index is 11.2. The molecular formula is C18H24N4OS. The van der Waals surface area contributed by atoms with Gasteiger partial charge in [0, 0.05) is 11.6 Å². The molecule has 24 heavy (non-hydrogen) atoms. The molecule has 1 aliphatic rings. The molecule has 1 fully saturated rings. The van der Waals surface area contributed by atoms with E-state index in [4.69, 9.17) is 5.73 Å². The summed E-state index contributed by atoms with van der Waals surface area (Å²) in [7, 11) is 0. The van der Waals surface area contributed by atoms with E-state index in [1.807, 2.05) is 6.07 Å². The zero-order valence-corrected chi connectivity index (χ0v) is 15.1. The lowest BCUT2D eigenvalue weighted by Gasteiger charge is -2.31. The van der Waals surface area contributed by atoms with Gasteiger partial charge < -0.3 is 5.73 Å². The lowest BCUT2D eigenvalue weighted by Crippen LogP contribution is -2.23. The van der Waals surface area contributed by atoms with Crippen molar-refractivity contribution in [1.29, 1.82) is 0 Å². The summed E-state index contributed by atoms with van der Waals surface area (Å²) in [4.78, 5) is 11.2. The van der Waals surface area contributed by atoms with E-state index in [2.05, 4.69) is 46.8 Å². The van der Waals surface area contributed by atoms with Crippen LogP contribution >= 0.6 is 11.8 Å². The summed E-state index contributed by atoms with van der Waals surface area (Å²) < 4.78 is 2.24. The highest BCUT2D eigenvalue weighted by Crippen LogP contribution is 2.38. The number of primary amides is 1. The Balaban J connectivity index is 2.03. The Bertz CT molecular complexity index is 728. The summed E-state index contributed by atoms with van der Waals surface area (Å²) >= 11 is 1.39. The molecule has 2 atom stereocenters. The summed E-state index contributed by atoms with van der Waals surface area (Å²) in [6.07, 6.45) is 4.85. The molecule has 0 saturated heterocycles. The van der Waals surface area contributed by atoms with E-state index in [9.17, 15) is 4.79 Å². The van der Waals surface area contributed by atoms with Crippen LogP contribution in [0.3, 0.4) is 0 Å². The number of carbonyl (C=O) groups excluding carboxylic acids is 1. The van der Waals surface area contributed by atoms with Gasteiger partial charge in [-0.25, -0.2) is 0 Å². The first-order valence-corrected chi connectivity index (χ1v) is 9.48. The Morgan fingerprint density at radius 2 is 2.12 bits per heavy atom. The third-order valence-corrected chi connectivity index (χ3v) is 5.65. The highest BCUT2D eigenvalue weighted by molar-refractivity contribution is 7.99. The second kappa shape index (κ2) is 7.38. The minimum absolute atomic E-state index is 0.229. The van der Waals surface area contributed by atoms with Crippen molar-refractivity contribution in [3.05, 3.63) is 29.8 Å². The van der Waals surface area contributed by atoms with Gasteiger partial charge in [-0.3, -0.25) is 9.36 Å². The predicted octanol–water partition coefficient (Wildman–Crippen LogP) is 3.58. The zero-order valence-electron chi connectivity index (χ0n) is 14.2. The number of aromatic nitrogens is 3. The van der Waals surface area contributed by atoms with Gasteiger partial charge in [-0.2, -0.15) is 0 Å². The molecule has 1 aromatic carbocycles. The molecule has 2 N–H and O–H groups in total. The zero-order chi connectivity index (χ0) is 17.1. The number of benzene rings is 1. The molecule has 1 saturated carbocycles. The molecule has 6 heteroatoms. The molecule has 0 aliphatic heterocycles. The summed E-state index contributed by atoms with van der Waals surface area (Å²) in [6.45, 7) is 4.38. The minimum Gasteiger partial charge on any atom is -0.369 e. The number of rotatable bonds is 5. The molecule has 0 spiro atoms. The van der Waals surface area contributed by atoms with Crippen LogP contribution in [-0.2, 0) is 4.79 Å². The molecular weight excluding hydrogens is 320 g/mol. The number of amides is 1. The fourth-order valence-corrected chi connectivity index (χ4v) is 4.20. The van der Waals surface area contributed by atoms with Crippen molar-refractivity contribution in [3.8, 4) is 11.4 Å². The number of aryl methyl sites for hydroxylation is 1. The van der Waals surface area contributed by atoms with Crippen molar-refractivity contribution in [2.45, 2.75) is 50.7 Å². The molecule has 1 heterocycles. The Morgan fingerprint density at radius 3 is 2.83 bits per heavy atom. The lowest BCUT2D eigenvalue weighted by atomic mass is 9.85. The molecule has 1 amide bonds. The highest BCUT2D eigenvalue weighted by Gasteiger charge is 2.28. The first-order chi connectivity index (χ1) is 11.6. The van der Waals surface area contributed by atoms with Crippen molar-refractivity contribution in [2.24, 2.45) is 11.7 Å². The van der Waals surface area contributed by atoms with Crippen LogP contribution in [0.25, 0.3) is 11.4 Å². The SMILES string of the molecule is Cc1cccc(-c2nnc(SCC(N)=O)n2[C@H]2CCCC[C@H]2C)c1. The maximum atomic E-state index is 11.2. The van der Waals surface area contributed by atoms with Gasteiger partial charge in [-0.05, 0) is 31.7 Å². The molecule has 2 aromatic rings. The average Bonchev–Trinajstić information content (AvgIpc) is 2.97. The van der Waals surface area contributed by atoms with Crippen LogP contribution in [0, 0.1) is 12.8 Å². The van der Waals surface area contributed by atoms with E-state index in [-0.39, 0.29) is 11.7 Å². The summed E-state index contributed by atoms with van der Waals surface area (Å²) in [5.41, 5.74) is 7.59. The molecule has 0 radical (unpaired) electrons. The van der Waals surface area contributed by atoms with Crippen LogP contribution in [0.4, 0.5) is 0 Å². The largest absolute Gasteiger partial charge is 0.369 e.